The Balaban J connectivity index is 3.33. The maximum Gasteiger partial charge on any atom is 0.421 e. The van der Waals surface area contributed by atoms with Crippen molar-refractivity contribution in [2.24, 2.45) is 0 Å². The molecule has 0 bridgehead atoms. The van der Waals surface area contributed by atoms with E-state index < -0.39 is 34.9 Å². The maximum absolute atomic E-state index is 12.7. The number of rotatable bonds is 2. The van der Waals surface area contributed by atoms with Gasteiger partial charge in [-0.15, -0.1) is 0 Å². The second-order valence-corrected chi connectivity index (χ2v) is 3.04. The van der Waals surface area contributed by atoms with Crippen molar-refractivity contribution in [3.63, 3.8) is 0 Å². The Kier molecular flexibility index (Phi) is 3.57. The van der Waals surface area contributed by atoms with Crippen LogP contribution in [-0.4, -0.2) is 6.61 Å². The van der Waals surface area contributed by atoms with Gasteiger partial charge in [0.15, 0.2) is 0 Å². The van der Waals surface area contributed by atoms with Crippen LogP contribution in [0.25, 0.3) is 0 Å². The Morgan fingerprint density at radius 2 is 1.75 bits per heavy atom. The lowest BCUT2D eigenvalue weighted by atomic mass is 10.2. The first kappa shape index (κ1) is 13.0. The lowest BCUT2D eigenvalue weighted by Gasteiger charge is -2.14. The van der Waals surface area contributed by atoms with Crippen molar-refractivity contribution in [3.8, 4) is 5.75 Å². The zero-order valence-electron chi connectivity index (χ0n) is 7.29. The van der Waals surface area contributed by atoms with E-state index in [4.69, 9.17) is 11.6 Å². The van der Waals surface area contributed by atoms with Crippen LogP contribution in [-0.2, 0) is 6.18 Å². The molecule has 0 aliphatic carbocycles. The smallest absolute Gasteiger partial charge is 0.421 e. The van der Waals surface area contributed by atoms with E-state index >= 15 is 0 Å². The first-order valence-electron chi connectivity index (χ1n) is 3.73. The molecule has 0 unspecified atom stereocenters. The molecule has 0 aromatic heterocycles. The van der Waals surface area contributed by atoms with Gasteiger partial charge in [0.1, 0.15) is 17.1 Å². The third kappa shape index (κ3) is 2.94. The first-order valence-corrected chi connectivity index (χ1v) is 4.10. The molecular formula is C8H3ClF6O. The SMILES string of the molecule is Fc1cc(Cl)c(C(F)(F)F)c(OC(F)F)c1. The largest absolute Gasteiger partial charge is 0.434 e. The summed E-state index contributed by atoms with van der Waals surface area (Å²) in [5.41, 5.74) is -1.63. The summed E-state index contributed by atoms with van der Waals surface area (Å²) in [4.78, 5) is 0. The summed E-state index contributed by atoms with van der Waals surface area (Å²) < 4.78 is 76.9. The van der Waals surface area contributed by atoms with Crippen LogP contribution in [0.4, 0.5) is 26.3 Å². The molecule has 0 radical (unpaired) electrons. The second kappa shape index (κ2) is 4.40. The van der Waals surface area contributed by atoms with Crippen molar-refractivity contribution >= 4 is 11.6 Å². The number of alkyl halides is 5. The Morgan fingerprint density at radius 1 is 1.19 bits per heavy atom. The maximum atomic E-state index is 12.7. The molecule has 1 aromatic carbocycles. The Hall–Kier alpha value is -1.11. The molecule has 0 atom stereocenters. The van der Waals surface area contributed by atoms with Crippen LogP contribution < -0.4 is 4.74 Å². The highest BCUT2D eigenvalue weighted by Crippen LogP contribution is 2.41. The van der Waals surface area contributed by atoms with Crippen molar-refractivity contribution in [1.82, 2.24) is 0 Å². The molecule has 16 heavy (non-hydrogen) atoms. The summed E-state index contributed by atoms with van der Waals surface area (Å²) in [7, 11) is 0. The lowest BCUT2D eigenvalue weighted by Crippen LogP contribution is -2.12. The predicted octanol–water partition coefficient (Wildman–Crippen LogP) is 4.10. The number of halogens is 7. The van der Waals surface area contributed by atoms with Gasteiger partial charge in [-0.3, -0.25) is 0 Å². The first-order chi connectivity index (χ1) is 7.21. The Morgan fingerprint density at radius 3 is 2.19 bits per heavy atom. The fourth-order valence-electron chi connectivity index (χ4n) is 1.01. The summed E-state index contributed by atoms with van der Waals surface area (Å²) in [5.74, 6) is -2.54. The fraction of sp³-hybridized carbons (Fsp3) is 0.250. The van der Waals surface area contributed by atoms with Crippen LogP contribution in [0.15, 0.2) is 12.1 Å². The zero-order valence-corrected chi connectivity index (χ0v) is 8.04. The third-order valence-corrected chi connectivity index (χ3v) is 1.82. The van der Waals surface area contributed by atoms with Crippen molar-refractivity contribution in [2.75, 3.05) is 0 Å². The van der Waals surface area contributed by atoms with Crippen LogP contribution >= 0.6 is 11.6 Å². The Labute approximate surface area is 90.6 Å². The molecule has 0 spiro atoms. The van der Waals surface area contributed by atoms with Gasteiger partial charge in [-0.2, -0.15) is 22.0 Å². The average Bonchev–Trinajstić information content (AvgIpc) is 1.96. The van der Waals surface area contributed by atoms with E-state index in [0.29, 0.717) is 6.07 Å². The molecule has 0 aliphatic heterocycles. The average molecular weight is 265 g/mol. The van der Waals surface area contributed by atoms with Crippen molar-refractivity contribution in [1.29, 1.82) is 0 Å². The standard InChI is InChI=1S/C8H3ClF6O/c9-4-1-3(10)2-5(16-7(11)12)6(4)8(13,14)15/h1-2,7H. The summed E-state index contributed by atoms with van der Waals surface area (Å²) in [5, 5.41) is -1.04. The molecule has 0 saturated carbocycles. The molecule has 1 rings (SSSR count). The summed E-state index contributed by atoms with van der Waals surface area (Å²) in [6.45, 7) is -3.50. The molecule has 0 heterocycles. The van der Waals surface area contributed by atoms with Crippen LogP contribution in [0.2, 0.25) is 5.02 Å². The van der Waals surface area contributed by atoms with E-state index in [1.54, 1.807) is 0 Å². The molecular weight excluding hydrogens is 262 g/mol. The number of hydrogen-bond acceptors (Lipinski definition) is 1. The van der Waals surface area contributed by atoms with Gasteiger partial charge in [0.05, 0.1) is 5.02 Å². The third-order valence-electron chi connectivity index (χ3n) is 1.52. The molecule has 1 nitrogen and oxygen atoms in total. The molecule has 90 valence electrons. The molecule has 0 fully saturated rings. The highest BCUT2D eigenvalue weighted by Gasteiger charge is 2.38. The van der Waals surface area contributed by atoms with Crippen LogP contribution in [0.5, 0.6) is 5.75 Å². The van der Waals surface area contributed by atoms with Gasteiger partial charge in [0.2, 0.25) is 0 Å². The molecule has 0 amide bonds. The van der Waals surface area contributed by atoms with Crippen molar-refractivity contribution < 1.29 is 31.1 Å². The molecule has 1 aromatic rings. The second-order valence-electron chi connectivity index (χ2n) is 2.64. The quantitative estimate of drug-likeness (QED) is 0.731. The predicted molar refractivity (Wildman–Crippen MR) is 43.0 cm³/mol. The van der Waals surface area contributed by atoms with E-state index in [9.17, 15) is 26.3 Å². The highest BCUT2D eigenvalue weighted by molar-refractivity contribution is 6.31. The summed E-state index contributed by atoms with van der Waals surface area (Å²) in [6.07, 6.45) is -5.00. The number of hydrogen-bond donors (Lipinski definition) is 0. The van der Waals surface area contributed by atoms with Crippen LogP contribution in [0.1, 0.15) is 5.56 Å². The minimum absolute atomic E-state index is 0.195. The normalized spacial score (nSPS) is 12.0. The number of benzene rings is 1. The molecule has 0 N–H and O–H groups in total. The van der Waals surface area contributed by atoms with Gasteiger partial charge < -0.3 is 4.74 Å². The fourth-order valence-corrected chi connectivity index (χ4v) is 1.32. The molecule has 0 aliphatic rings. The van der Waals surface area contributed by atoms with Gasteiger partial charge in [0, 0.05) is 6.07 Å². The van der Waals surface area contributed by atoms with Crippen molar-refractivity contribution in [3.05, 3.63) is 28.5 Å². The zero-order chi connectivity index (χ0) is 12.5. The minimum Gasteiger partial charge on any atom is -0.434 e. The number of ether oxygens (including phenoxy) is 1. The summed E-state index contributed by atoms with van der Waals surface area (Å²) in [6, 6.07) is 0.559. The van der Waals surface area contributed by atoms with Gasteiger partial charge in [-0.05, 0) is 6.07 Å². The van der Waals surface area contributed by atoms with Gasteiger partial charge in [0.25, 0.3) is 0 Å². The van der Waals surface area contributed by atoms with Crippen molar-refractivity contribution in [2.45, 2.75) is 12.8 Å². The van der Waals surface area contributed by atoms with Gasteiger partial charge in [-0.1, -0.05) is 11.6 Å². The van der Waals surface area contributed by atoms with E-state index in [0.717, 1.165) is 0 Å². The van der Waals surface area contributed by atoms with E-state index in [2.05, 4.69) is 4.74 Å². The van der Waals surface area contributed by atoms with Crippen LogP contribution in [0, 0.1) is 5.82 Å². The van der Waals surface area contributed by atoms with E-state index in [-0.39, 0.29) is 6.07 Å². The van der Waals surface area contributed by atoms with Gasteiger partial charge in [-0.25, -0.2) is 4.39 Å². The molecule has 0 saturated heterocycles. The van der Waals surface area contributed by atoms with E-state index in [1.165, 1.54) is 0 Å². The summed E-state index contributed by atoms with van der Waals surface area (Å²) >= 11 is 5.12. The highest BCUT2D eigenvalue weighted by atomic mass is 35.5. The minimum atomic E-state index is -5.00. The van der Waals surface area contributed by atoms with Crippen LogP contribution in [0.3, 0.4) is 0 Å². The Bertz CT molecular complexity index is 389. The monoisotopic (exact) mass is 264 g/mol. The lowest BCUT2D eigenvalue weighted by molar-refractivity contribution is -0.141. The topological polar surface area (TPSA) is 9.23 Å². The van der Waals surface area contributed by atoms with Gasteiger partial charge >= 0.3 is 12.8 Å². The molecule has 8 heteroatoms. The van der Waals surface area contributed by atoms with E-state index in [1.807, 2.05) is 0 Å².